The van der Waals surface area contributed by atoms with Gasteiger partial charge in [-0.15, -0.1) is 0 Å². The number of nitrogens with one attached hydrogen (secondary N) is 1. The highest BCUT2D eigenvalue weighted by Gasteiger charge is 2.19. The van der Waals surface area contributed by atoms with Crippen molar-refractivity contribution in [1.82, 2.24) is 10.4 Å². The molecule has 6 heteroatoms. The van der Waals surface area contributed by atoms with E-state index < -0.39 is 0 Å². The van der Waals surface area contributed by atoms with Gasteiger partial charge in [0.1, 0.15) is 0 Å². The lowest BCUT2D eigenvalue weighted by Crippen LogP contribution is -2.29. The number of carbonyl (C=O) groups excluding carboxylic acids is 3. The molecule has 1 unspecified atom stereocenters. The molecule has 0 aliphatic rings. The van der Waals surface area contributed by atoms with Gasteiger partial charge < -0.3 is 5.32 Å². The summed E-state index contributed by atoms with van der Waals surface area (Å²) in [4.78, 5) is 41.3. The Hall–Kier alpha value is -3.77. The molecule has 3 aromatic rings. The third-order valence-electron chi connectivity index (χ3n) is 6.28. The molecule has 0 aromatic heterocycles. The molecular weight excluding hydrogens is 476 g/mol. The van der Waals surface area contributed by atoms with Crippen LogP contribution in [0.3, 0.4) is 0 Å². The standard InChI is InChI=1S/C30H34N2O4.C2H6/c1-22-7-9-24(10-8-22)18-25(13-15-31-21-34)14-16-36-32(3)30(35)29-19-27(11-12-28(29)20-33)26-6-4-5-23(2)17-26;1-2/h4-12,17,19-21,25H,13-16,18H2,1-3H3,(H,31,34);1-2H3. The summed E-state index contributed by atoms with van der Waals surface area (Å²) in [7, 11) is 1.57. The minimum absolute atomic E-state index is 0.277. The number of carbonyl (C=O) groups is 3. The zero-order chi connectivity index (χ0) is 27.9. The fraction of sp³-hybridized carbons (Fsp3) is 0.344. The van der Waals surface area contributed by atoms with Gasteiger partial charge in [-0.25, -0.2) is 5.06 Å². The molecule has 6 nitrogen and oxygen atoms in total. The molecular formula is C32H40N2O4. The summed E-state index contributed by atoms with van der Waals surface area (Å²) in [6.45, 7) is 9.00. The third kappa shape index (κ3) is 9.27. The van der Waals surface area contributed by atoms with Crippen LogP contribution in [0.15, 0.2) is 66.7 Å². The molecule has 0 aliphatic heterocycles. The van der Waals surface area contributed by atoms with Crippen molar-refractivity contribution in [2.75, 3.05) is 20.2 Å². The molecule has 0 bridgehead atoms. The van der Waals surface area contributed by atoms with E-state index in [1.54, 1.807) is 19.2 Å². The Balaban J connectivity index is 0.00000247. The van der Waals surface area contributed by atoms with Gasteiger partial charge >= 0.3 is 0 Å². The zero-order valence-electron chi connectivity index (χ0n) is 23.2. The maximum atomic E-state index is 13.2. The van der Waals surface area contributed by atoms with Gasteiger partial charge in [-0.1, -0.05) is 85.6 Å². The van der Waals surface area contributed by atoms with Gasteiger partial charge in [-0.3, -0.25) is 19.2 Å². The second kappa shape index (κ2) is 16.2. The largest absolute Gasteiger partial charge is 0.359 e. The normalized spacial score (nSPS) is 11.1. The molecule has 0 saturated carbocycles. The van der Waals surface area contributed by atoms with E-state index in [4.69, 9.17) is 4.84 Å². The van der Waals surface area contributed by atoms with Crippen molar-refractivity contribution in [1.29, 1.82) is 0 Å². The number of rotatable bonds is 13. The predicted octanol–water partition coefficient (Wildman–Crippen LogP) is 6.20. The molecule has 3 rings (SSSR count). The number of aryl methyl sites for hydroxylation is 2. The van der Waals surface area contributed by atoms with E-state index in [2.05, 4.69) is 36.5 Å². The summed E-state index contributed by atoms with van der Waals surface area (Å²) >= 11 is 0. The first-order chi connectivity index (χ1) is 18.4. The van der Waals surface area contributed by atoms with E-state index >= 15 is 0 Å². The van der Waals surface area contributed by atoms with E-state index in [-0.39, 0.29) is 11.8 Å². The van der Waals surface area contributed by atoms with Crippen molar-refractivity contribution in [3.63, 3.8) is 0 Å². The first-order valence-electron chi connectivity index (χ1n) is 13.2. The van der Waals surface area contributed by atoms with Crippen LogP contribution in [0.4, 0.5) is 0 Å². The third-order valence-corrected chi connectivity index (χ3v) is 6.28. The van der Waals surface area contributed by atoms with Crippen molar-refractivity contribution in [3.8, 4) is 11.1 Å². The molecule has 3 aromatic carbocycles. The minimum Gasteiger partial charge on any atom is -0.359 e. The van der Waals surface area contributed by atoms with Crippen LogP contribution in [0.25, 0.3) is 11.1 Å². The van der Waals surface area contributed by atoms with Crippen LogP contribution in [0, 0.1) is 19.8 Å². The molecule has 2 amide bonds. The van der Waals surface area contributed by atoms with E-state index in [9.17, 15) is 14.4 Å². The Kier molecular flexibility index (Phi) is 12.9. The van der Waals surface area contributed by atoms with Crippen LogP contribution in [0.2, 0.25) is 0 Å². The summed E-state index contributed by atoms with van der Waals surface area (Å²) in [6, 6.07) is 21.7. The van der Waals surface area contributed by atoms with Crippen LogP contribution in [-0.4, -0.2) is 43.9 Å². The van der Waals surface area contributed by atoms with Crippen molar-refractivity contribution in [3.05, 3.63) is 94.5 Å². The maximum Gasteiger partial charge on any atom is 0.277 e. The highest BCUT2D eigenvalue weighted by atomic mass is 16.7. The zero-order valence-corrected chi connectivity index (χ0v) is 23.2. The summed E-state index contributed by atoms with van der Waals surface area (Å²) in [5.74, 6) is -0.0943. The molecule has 0 aliphatic carbocycles. The van der Waals surface area contributed by atoms with E-state index in [0.717, 1.165) is 36.0 Å². The number of amides is 2. The Morgan fingerprint density at radius 3 is 2.29 bits per heavy atom. The van der Waals surface area contributed by atoms with Crippen LogP contribution in [0.1, 0.15) is 64.1 Å². The monoisotopic (exact) mass is 516 g/mol. The molecule has 38 heavy (non-hydrogen) atoms. The lowest BCUT2D eigenvalue weighted by atomic mass is 9.93. The quantitative estimate of drug-likeness (QED) is 0.167. The van der Waals surface area contributed by atoms with Crippen molar-refractivity contribution < 1.29 is 19.2 Å². The Bertz CT molecular complexity index is 1170. The molecule has 0 spiro atoms. The highest BCUT2D eigenvalue weighted by Crippen LogP contribution is 2.24. The second-order valence-electron chi connectivity index (χ2n) is 9.13. The summed E-state index contributed by atoms with van der Waals surface area (Å²) < 4.78 is 0. The molecule has 0 fully saturated rings. The summed E-state index contributed by atoms with van der Waals surface area (Å²) in [6.07, 6.45) is 3.78. The number of hydroxylamine groups is 2. The van der Waals surface area contributed by atoms with Gasteiger partial charge in [-0.05, 0) is 61.8 Å². The number of hydrogen-bond donors (Lipinski definition) is 1. The number of benzene rings is 3. The summed E-state index contributed by atoms with van der Waals surface area (Å²) in [5, 5.41) is 3.93. The molecule has 1 atom stereocenters. The predicted molar refractivity (Wildman–Crippen MR) is 153 cm³/mol. The number of hydrogen-bond acceptors (Lipinski definition) is 4. The topological polar surface area (TPSA) is 75.7 Å². The van der Waals surface area contributed by atoms with Crippen molar-refractivity contribution in [2.24, 2.45) is 5.92 Å². The van der Waals surface area contributed by atoms with Gasteiger partial charge in [0.2, 0.25) is 6.41 Å². The lowest BCUT2D eigenvalue weighted by Gasteiger charge is -2.21. The van der Waals surface area contributed by atoms with Gasteiger partial charge in [0.15, 0.2) is 6.29 Å². The molecule has 0 heterocycles. The molecule has 0 saturated heterocycles. The summed E-state index contributed by atoms with van der Waals surface area (Å²) in [5.41, 5.74) is 6.02. The fourth-order valence-electron chi connectivity index (χ4n) is 4.19. The first kappa shape index (κ1) is 30.5. The maximum absolute atomic E-state index is 13.2. The Labute approximate surface area is 227 Å². The SMILES string of the molecule is CC.Cc1ccc(CC(CCNC=O)CCON(C)C(=O)c2cc(-c3cccc(C)c3)ccc2C=O)cc1. The van der Waals surface area contributed by atoms with Crippen LogP contribution in [0.5, 0.6) is 0 Å². The average molecular weight is 517 g/mol. The smallest absolute Gasteiger partial charge is 0.277 e. The number of aldehydes is 1. The average Bonchev–Trinajstić information content (AvgIpc) is 2.94. The minimum atomic E-state index is -0.371. The molecule has 0 radical (unpaired) electrons. The van der Waals surface area contributed by atoms with E-state index in [1.165, 1.54) is 16.2 Å². The lowest BCUT2D eigenvalue weighted by molar-refractivity contribution is -0.110. The highest BCUT2D eigenvalue weighted by molar-refractivity contribution is 6.02. The number of nitrogens with zero attached hydrogens (tertiary/aromatic N) is 1. The van der Waals surface area contributed by atoms with E-state index in [0.29, 0.717) is 37.0 Å². The second-order valence-corrected chi connectivity index (χ2v) is 9.13. The van der Waals surface area contributed by atoms with Crippen LogP contribution in [-0.2, 0) is 16.1 Å². The van der Waals surface area contributed by atoms with Crippen molar-refractivity contribution >= 4 is 18.6 Å². The first-order valence-corrected chi connectivity index (χ1v) is 13.2. The molecule has 202 valence electrons. The fourth-order valence-corrected chi connectivity index (χ4v) is 4.19. The Morgan fingerprint density at radius 2 is 1.63 bits per heavy atom. The molecule has 1 N–H and O–H groups in total. The van der Waals surface area contributed by atoms with Gasteiger partial charge in [0.25, 0.3) is 5.91 Å². The Morgan fingerprint density at radius 1 is 0.921 bits per heavy atom. The van der Waals surface area contributed by atoms with Crippen LogP contribution < -0.4 is 5.32 Å². The van der Waals surface area contributed by atoms with Gasteiger partial charge in [-0.2, -0.15) is 0 Å². The van der Waals surface area contributed by atoms with Crippen molar-refractivity contribution in [2.45, 2.75) is 47.0 Å². The van der Waals surface area contributed by atoms with Crippen LogP contribution >= 0.6 is 0 Å². The van der Waals surface area contributed by atoms with E-state index in [1.807, 2.05) is 51.1 Å². The van der Waals surface area contributed by atoms with Gasteiger partial charge in [0, 0.05) is 19.2 Å². The van der Waals surface area contributed by atoms with Gasteiger partial charge in [0.05, 0.1) is 12.2 Å².